The third-order valence-electron chi connectivity index (χ3n) is 5.40. The number of aromatic nitrogens is 3. The van der Waals surface area contributed by atoms with E-state index in [9.17, 15) is 28.8 Å². The van der Waals surface area contributed by atoms with Crippen LogP contribution < -0.4 is 5.32 Å². The second kappa shape index (κ2) is 14.6. The molecule has 17 nitrogen and oxygen atoms in total. The largest absolute Gasteiger partial charge is 0.467 e. The molecule has 0 radical (unpaired) electrons. The van der Waals surface area contributed by atoms with Crippen molar-refractivity contribution in [2.45, 2.75) is 97.2 Å². The molecule has 0 spiro atoms. The number of carbonyl (C=O) groups excluding carboxylic acids is 6. The number of carbonyl (C=O) groups is 6. The molecule has 1 fully saturated rings. The topological polar surface area (TPSA) is 210 Å². The lowest BCUT2D eigenvalue weighted by molar-refractivity contribution is -0.280. The Kier molecular flexibility index (Phi) is 11.8. The highest BCUT2D eigenvalue weighted by atomic mass is 16.7. The molecular weight excluding hydrogens is 564 g/mol. The molecule has 1 aromatic heterocycles. The van der Waals surface area contributed by atoms with E-state index in [-0.39, 0.29) is 12.1 Å². The van der Waals surface area contributed by atoms with Gasteiger partial charge in [0.2, 0.25) is 6.29 Å². The Morgan fingerprint density at radius 3 is 2.07 bits per heavy atom. The van der Waals surface area contributed by atoms with Gasteiger partial charge >= 0.3 is 35.9 Å². The zero-order valence-corrected chi connectivity index (χ0v) is 24.6. The number of hydrogen-bond donors (Lipinski definition) is 1. The van der Waals surface area contributed by atoms with Crippen molar-refractivity contribution in [2.24, 2.45) is 0 Å². The predicted octanol–water partition coefficient (Wildman–Crippen LogP) is 0.143. The van der Waals surface area contributed by atoms with Crippen molar-refractivity contribution in [3.63, 3.8) is 0 Å². The summed E-state index contributed by atoms with van der Waals surface area (Å²) in [6.07, 6.45) is -5.19. The molecule has 0 bridgehead atoms. The molecule has 17 heteroatoms. The van der Waals surface area contributed by atoms with Crippen molar-refractivity contribution in [2.75, 3.05) is 13.7 Å². The van der Waals surface area contributed by atoms with Crippen molar-refractivity contribution in [3.05, 3.63) is 11.9 Å². The molecule has 0 aliphatic carbocycles. The molecular formula is C25H36N4O13. The number of alkyl carbamates (subject to hydrolysis) is 1. The van der Waals surface area contributed by atoms with E-state index in [0.717, 1.165) is 39.5 Å². The number of amides is 1. The molecule has 1 amide bonds. The van der Waals surface area contributed by atoms with Crippen LogP contribution in [0.15, 0.2) is 6.20 Å². The van der Waals surface area contributed by atoms with Crippen molar-refractivity contribution >= 4 is 35.9 Å². The quantitative estimate of drug-likeness (QED) is 0.280. The maximum absolute atomic E-state index is 12.4. The monoisotopic (exact) mass is 600 g/mol. The van der Waals surface area contributed by atoms with Gasteiger partial charge in [-0.15, -0.1) is 5.10 Å². The van der Waals surface area contributed by atoms with Gasteiger partial charge in [-0.05, 0) is 20.8 Å². The summed E-state index contributed by atoms with van der Waals surface area (Å²) in [6, 6.07) is -2.50. The Morgan fingerprint density at radius 2 is 1.55 bits per heavy atom. The van der Waals surface area contributed by atoms with E-state index >= 15 is 0 Å². The van der Waals surface area contributed by atoms with Crippen molar-refractivity contribution in [3.8, 4) is 0 Å². The fourth-order valence-corrected chi connectivity index (χ4v) is 3.97. The van der Waals surface area contributed by atoms with Crippen LogP contribution in [0.5, 0.6) is 0 Å². The molecule has 1 aliphatic rings. The first-order valence-electron chi connectivity index (χ1n) is 12.8. The van der Waals surface area contributed by atoms with Gasteiger partial charge in [-0.25, -0.2) is 14.3 Å². The smallest absolute Gasteiger partial charge is 0.408 e. The molecule has 2 rings (SSSR count). The van der Waals surface area contributed by atoms with Gasteiger partial charge in [0, 0.05) is 40.3 Å². The van der Waals surface area contributed by atoms with E-state index in [4.69, 9.17) is 33.2 Å². The average Bonchev–Trinajstić information content (AvgIpc) is 3.29. The molecule has 1 saturated heterocycles. The van der Waals surface area contributed by atoms with Crippen LogP contribution >= 0.6 is 0 Å². The normalized spacial score (nSPS) is 22.6. The lowest BCUT2D eigenvalue weighted by Gasteiger charge is -2.44. The molecule has 1 aliphatic heterocycles. The van der Waals surface area contributed by atoms with Crippen LogP contribution in [0.25, 0.3) is 0 Å². The summed E-state index contributed by atoms with van der Waals surface area (Å²) in [7, 11) is 1.14. The van der Waals surface area contributed by atoms with E-state index < -0.39 is 84.8 Å². The number of methoxy groups -OCH3 is 1. The lowest BCUT2D eigenvalue weighted by atomic mass is 9.96. The van der Waals surface area contributed by atoms with Gasteiger partial charge in [-0.3, -0.25) is 19.2 Å². The van der Waals surface area contributed by atoms with Gasteiger partial charge in [-0.2, -0.15) is 0 Å². The van der Waals surface area contributed by atoms with Gasteiger partial charge in [0.1, 0.15) is 24.4 Å². The van der Waals surface area contributed by atoms with Crippen LogP contribution in [0.1, 0.15) is 60.2 Å². The summed E-state index contributed by atoms with van der Waals surface area (Å²) in [5.74, 6) is -3.81. The number of nitrogens with one attached hydrogen (secondary N) is 1. The fraction of sp³-hybridized carbons (Fsp3) is 0.680. The molecule has 42 heavy (non-hydrogen) atoms. The van der Waals surface area contributed by atoms with E-state index in [2.05, 4.69) is 15.6 Å². The first-order chi connectivity index (χ1) is 19.5. The third kappa shape index (κ3) is 10.3. The number of nitrogens with zero attached hydrogens (tertiary/aromatic N) is 3. The number of rotatable bonds is 10. The number of hydrogen-bond acceptors (Lipinski definition) is 15. The molecule has 0 saturated carbocycles. The summed E-state index contributed by atoms with van der Waals surface area (Å²) < 4.78 is 38.2. The van der Waals surface area contributed by atoms with Gasteiger partial charge in [0.15, 0.2) is 18.2 Å². The first-order valence-corrected chi connectivity index (χ1v) is 12.8. The standard InChI is InChI=1S/C25H36N4O13/c1-12(30)37-11-18-20(38-13(2)31)21(39-14(3)32)19(23(41-18)40-15(4)33)29-10-16(27-28-29)9-17(22(34)36-8)26-24(35)42-25(5,6)7/h10,17-21,23H,9,11H2,1-8H3,(H,26,35)/t17-,18-,19-,20-,21-,23-/m1/s1. The summed E-state index contributed by atoms with van der Waals surface area (Å²) >= 11 is 0. The highest BCUT2D eigenvalue weighted by molar-refractivity contribution is 5.81. The Bertz CT molecular complexity index is 1160. The van der Waals surface area contributed by atoms with Crippen molar-refractivity contribution in [1.82, 2.24) is 20.3 Å². The van der Waals surface area contributed by atoms with Crippen LogP contribution in [0.3, 0.4) is 0 Å². The Hall–Kier alpha value is -4.28. The predicted molar refractivity (Wildman–Crippen MR) is 136 cm³/mol. The molecule has 1 aromatic rings. The molecule has 6 atom stereocenters. The van der Waals surface area contributed by atoms with E-state index in [0.29, 0.717) is 0 Å². The van der Waals surface area contributed by atoms with Crippen LogP contribution in [0.2, 0.25) is 0 Å². The molecule has 1 N–H and O–H groups in total. The molecule has 234 valence electrons. The minimum absolute atomic E-state index is 0.149. The minimum Gasteiger partial charge on any atom is -0.467 e. The van der Waals surface area contributed by atoms with Crippen LogP contribution in [-0.2, 0) is 63.6 Å². The Morgan fingerprint density at radius 1 is 0.952 bits per heavy atom. The second-order valence-corrected chi connectivity index (χ2v) is 10.2. The lowest BCUT2D eigenvalue weighted by Crippen LogP contribution is -2.60. The van der Waals surface area contributed by atoms with Gasteiger partial charge in [0.25, 0.3) is 0 Å². The van der Waals surface area contributed by atoms with Gasteiger partial charge < -0.3 is 38.5 Å². The van der Waals surface area contributed by atoms with Crippen LogP contribution in [0.4, 0.5) is 4.79 Å². The number of ether oxygens (including phenoxy) is 7. The fourth-order valence-electron chi connectivity index (χ4n) is 3.97. The third-order valence-corrected chi connectivity index (χ3v) is 5.40. The second-order valence-electron chi connectivity index (χ2n) is 10.2. The summed E-state index contributed by atoms with van der Waals surface area (Å²) in [6.45, 7) is 8.99. The summed E-state index contributed by atoms with van der Waals surface area (Å²) in [4.78, 5) is 72.3. The highest BCUT2D eigenvalue weighted by Gasteiger charge is 2.53. The Labute approximate surface area is 241 Å². The SMILES string of the molecule is COC(=O)[C@@H](Cc1cn([C@H]2[C@H](OC(C)=O)O[C@H](COC(C)=O)[C@@H](OC(C)=O)[C@@H]2OC(C)=O)nn1)NC(=O)OC(C)(C)C. The first kappa shape index (κ1) is 33.9. The zero-order valence-electron chi connectivity index (χ0n) is 24.6. The molecule has 2 heterocycles. The summed E-state index contributed by atoms with van der Waals surface area (Å²) in [5, 5.41) is 10.5. The highest BCUT2D eigenvalue weighted by Crippen LogP contribution is 2.35. The zero-order chi connectivity index (χ0) is 31.8. The number of esters is 5. The summed E-state index contributed by atoms with van der Waals surface area (Å²) in [5.41, 5.74) is -0.686. The maximum atomic E-state index is 12.4. The van der Waals surface area contributed by atoms with E-state index in [1.807, 2.05) is 0 Å². The van der Waals surface area contributed by atoms with Gasteiger partial charge in [-0.1, -0.05) is 5.21 Å². The molecule has 0 aromatic carbocycles. The Balaban J connectivity index is 2.48. The molecule has 0 unspecified atom stereocenters. The van der Waals surface area contributed by atoms with Crippen molar-refractivity contribution in [1.29, 1.82) is 0 Å². The van der Waals surface area contributed by atoms with E-state index in [1.54, 1.807) is 20.8 Å². The van der Waals surface area contributed by atoms with Crippen LogP contribution in [0, 0.1) is 0 Å². The van der Waals surface area contributed by atoms with E-state index in [1.165, 1.54) is 6.20 Å². The van der Waals surface area contributed by atoms with Crippen LogP contribution in [-0.4, -0.2) is 101 Å². The average molecular weight is 601 g/mol. The maximum Gasteiger partial charge on any atom is 0.408 e. The van der Waals surface area contributed by atoms with Crippen molar-refractivity contribution < 1.29 is 61.9 Å². The minimum atomic E-state index is -1.50. The van der Waals surface area contributed by atoms with Gasteiger partial charge in [0.05, 0.1) is 12.8 Å².